The van der Waals surface area contributed by atoms with Crippen LogP contribution in [-0.4, -0.2) is 44.1 Å². The molecule has 38 heavy (non-hydrogen) atoms. The number of aromatic amines is 1. The lowest BCUT2D eigenvalue weighted by atomic mass is 10.0. The predicted molar refractivity (Wildman–Crippen MR) is 140 cm³/mol. The van der Waals surface area contributed by atoms with Crippen LogP contribution in [0.3, 0.4) is 0 Å². The zero-order valence-corrected chi connectivity index (χ0v) is 21.1. The van der Waals surface area contributed by atoms with Crippen molar-refractivity contribution < 1.29 is 22.7 Å². The van der Waals surface area contributed by atoms with Gasteiger partial charge >= 0.3 is 0 Å². The molecular formula is C27H25N5O5S. The van der Waals surface area contributed by atoms with Gasteiger partial charge in [0.05, 0.1) is 27.9 Å². The largest absolute Gasteiger partial charge is 0.455 e. The van der Waals surface area contributed by atoms with Gasteiger partial charge in [0.2, 0.25) is 0 Å². The van der Waals surface area contributed by atoms with Gasteiger partial charge in [0.25, 0.3) is 15.9 Å². The summed E-state index contributed by atoms with van der Waals surface area (Å²) in [4.78, 5) is 20.1. The number of H-pyrrole nitrogens is 1. The highest BCUT2D eigenvalue weighted by atomic mass is 32.2. The molecule has 0 aliphatic carbocycles. The lowest BCUT2D eigenvalue weighted by Gasteiger charge is -2.23. The number of hydrogen-bond donors (Lipinski definition) is 3. The molecule has 10 nitrogen and oxygen atoms in total. The number of nitriles is 1. The van der Waals surface area contributed by atoms with Crippen molar-refractivity contribution in [2.45, 2.75) is 17.7 Å². The maximum atomic E-state index is 13.1. The zero-order chi connectivity index (χ0) is 26.5. The van der Waals surface area contributed by atoms with Crippen LogP contribution in [0.25, 0.3) is 11.0 Å². The van der Waals surface area contributed by atoms with Crippen LogP contribution < -0.4 is 14.8 Å². The molecule has 1 aliphatic heterocycles. The van der Waals surface area contributed by atoms with Crippen LogP contribution >= 0.6 is 0 Å². The molecule has 0 saturated carbocycles. The fourth-order valence-electron chi connectivity index (χ4n) is 4.22. The number of amides is 1. The summed E-state index contributed by atoms with van der Waals surface area (Å²) in [5.41, 5.74) is 1.43. The Bertz CT molecular complexity index is 1620. The SMILES string of the molecule is N#Cc1cc(S(=O)(=O)NC(=O)c2ccccc2Oc2cnc3[nH]ccc3c2)ccc1NCC1CCOCC1. The van der Waals surface area contributed by atoms with Gasteiger partial charge in [-0.05, 0) is 61.2 Å². The van der Waals surface area contributed by atoms with Gasteiger partial charge in [-0.3, -0.25) is 4.79 Å². The molecule has 11 heteroatoms. The number of fused-ring (bicyclic) bond motifs is 1. The monoisotopic (exact) mass is 531 g/mol. The van der Waals surface area contributed by atoms with Gasteiger partial charge in [0.15, 0.2) is 0 Å². The molecule has 0 unspecified atom stereocenters. The van der Waals surface area contributed by atoms with E-state index >= 15 is 0 Å². The van der Waals surface area contributed by atoms with Crippen molar-refractivity contribution in [1.29, 1.82) is 5.26 Å². The van der Waals surface area contributed by atoms with Gasteiger partial charge in [0, 0.05) is 31.3 Å². The highest BCUT2D eigenvalue weighted by molar-refractivity contribution is 7.90. The van der Waals surface area contributed by atoms with Crippen LogP contribution in [0.1, 0.15) is 28.8 Å². The summed E-state index contributed by atoms with van der Waals surface area (Å²) < 4.78 is 39.4. The third kappa shape index (κ3) is 5.61. The predicted octanol–water partition coefficient (Wildman–Crippen LogP) is 4.18. The first-order chi connectivity index (χ1) is 18.4. The first kappa shape index (κ1) is 25.3. The standard InChI is InChI=1S/C27H25N5O5S/c28-15-20-14-22(5-6-24(20)30-16-18-8-11-36-12-9-18)38(34,35)32-27(33)23-3-1-2-4-25(23)37-21-13-19-7-10-29-26(19)31-17-21/h1-7,10,13-14,17-18,30H,8-9,11-12,16H2,(H,29,31)(H,32,33). The van der Waals surface area contributed by atoms with Crippen molar-refractivity contribution >= 4 is 32.7 Å². The summed E-state index contributed by atoms with van der Waals surface area (Å²) >= 11 is 0. The quantitative estimate of drug-likeness (QED) is 0.307. The number of aromatic nitrogens is 2. The molecule has 3 N–H and O–H groups in total. The molecule has 2 aromatic heterocycles. The number of sulfonamides is 1. The van der Waals surface area contributed by atoms with Crippen LogP contribution in [0.15, 0.2) is 71.9 Å². The second-order valence-corrected chi connectivity index (χ2v) is 10.6. The van der Waals surface area contributed by atoms with Crippen molar-refractivity contribution in [3.8, 4) is 17.6 Å². The fourth-order valence-corrected chi connectivity index (χ4v) is 5.22. The van der Waals surface area contributed by atoms with E-state index < -0.39 is 15.9 Å². The van der Waals surface area contributed by atoms with Crippen molar-refractivity contribution in [2.75, 3.05) is 25.1 Å². The summed E-state index contributed by atoms with van der Waals surface area (Å²) in [6.07, 6.45) is 5.11. The van der Waals surface area contributed by atoms with Gasteiger partial charge < -0.3 is 19.8 Å². The summed E-state index contributed by atoms with van der Waals surface area (Å²) in [5, 5.41) is 13.7. The number of nitrogens with zero attached hydrogens (tertiary/aromatic N) is 2. The van der Waals surface area contributed by atoms with Gasteiger partial charge in [-0.2, -0.15) is 5.26 Å². The number of nitrogens with one attached hydrogen (secondary N) is 3. The number of ether oxygens (including phenoxy) is 2. The fraction of sp³-hybridized carbons (Fsp3) is 0.222. The van der Waals surface area contributed by atoms with E-state index in [-0.39, 0.29) is 21.8 Å². The Balaban J connectivity index is 1.31. The van der Waals surface area contributed by atoms with Crippen LogP contribution in [-0.2, 0) is 14.8 Å². The molecule has 1 amide bonds. The second-order valence-electron chi connectivity index (χ2n) is 8.88. The molecule has 3 heterocycles. The van der Waals surface area contributed by atoms with Gasteiger partial charge in [-0.25, -0.2) is 18.1 Å². The van der Waals surface area contributed by atoms with E-state index in [0.717, 1.165) is 18.2 Å². The van der Waals surface area contributed by atoms with Crippen molar-refractivity contribution in [3.05, 3.63) is 78.1 Å². The maximum Gasteiger partial charge on any atom is 0.268 e. The van der Waals surface area contributed by atoms with E-state index in [0.29, 0.717) is 42.8 Å². The molecule has 194 valence electrons. The Morgan fingerprint density at radius 2 is 1.97 bits per heavy atom. The Kier molecular flexibility index (Phi) is 7.26. The van der Waals surface area contributed by atoms with E-state index in [1.165, 1.54) is 30.5 Å². The molecule has 4 aromatic rings. The summed E-state index contributed by atoms with van der Waals surface area (Å²) in [5.74, 6) is 0.113. The van der Waals surface area contributed by atoms with Crippen LogP contribution in [0.2, 0.25) is 0 Å². The van der Waals surface area contributed by atoms with Crippen molar-refractivity contribution in [3.63, 3.8) is 0 Å². The highest BCUT2D eigenvalue weighted by Crippen LogP contribution is 2.28. The Hall–Kier alpha value is -4.40. The normalized spacial score (nSPS) is 14.1. The van der Waals surface area contributed by atoms with Gasteiger partial charge in [-0.15, -0.1) is 0 Å². The van der Waals surface area contributed by atoms with Crippen molar-refractivity contribution in [1.82, 2.24) is 14.7 Å². The average molecular weight is 532 g/mol. The van der Waals surface area contributed by atoms with E-state index in [2.05, 4.69) is 20.0 Å². The zero-order valence-electron chi connectivity index (χ0n) is 20.3. The minimum absolute atomic E-state index is 0.0282. The number of carbonyl (C=O) groups is 1. The molecule has 5 rings (SSSR count). The molecular weight excluding hydrogens is 506 g/mol. The van der Waals surface area contributed by atoms with E-state index in [1.54, 1.807) is 30.5 Å². The van der Waals surface area contributed by atoms with E-state index in [4.69, 9.17) is 9.47 Å². The Morgan fingerprint density at radius 1 is 1.16 bits per heavy atom. The molecule has 0 atom stereocenters. The molecule has 1 saturated heterocycles. The van der Waals surface area contributed by atoms with E-state index in [1.807, 2.05) is 12.1 Å². The third-order valence-electron chi connectivity index (χ3n) is 6.31. The topological polar surface area (TPSA) is 146 Å². The number of anilines is 1. The lowest BCUT2D eigenvalue weighted by Crippen LogP contribution is -2.31. The molecule has 0 radical (unpaired) electrons. The Morgan fingerprint density at radius 3 is 2.79 bits per heavy atom. The molecule has 2 aromatic carbocycles. The van der Waals surface area contributed by atoms with Crippen LogP contribution in [0.5, 0.6) is 11.5 Å². The number of para-hydroxylation sites is 1. The highest BCUT2D eigenvalue weighted by Gasteiger charge is 2.23. The molecule has 1 aliphatic rings. The second kappa shape index (κ2) is 10.9. The maximum absolute atomic E-state index is 13.1. The minimum atomic E-state index is -4.27. The van der Waals surface area contributed by atoms with Crippen molar-refractivity contribution in [2.24, 2.45) is 5.92 Å². The number of carbonyl (C=O) groups excluding carboxylic acids is 1. The first-order valence-corrected chi connectivity index (χ1v) is 13.5. The van der Waals surface area contributed by atoms with E-state index in [9.17, 15) is 18.5 Å². The third-order valence-corrected chi connectivity index (χ3v) is 7.63. The number of rotatable bonds is 8. The van der Waals surface area contributed by atoms with Crippen LogP contribution in [0.4, 0.5) is 5.69 Å². The molecule has 0 spiro atoms. The van der Waals surface area contributed by atoms with Gasteiger partial charge in [-0.1, -0.05) is 12.1 Å². The van der Waals surface area contributed by atoms with Crippen LogP contribution in [0, 0.1) is 17.2 Å². The number of pyridine rings is 1. The molecule has 1 fully saturated rings. The first-order valence-electron chi connectivity index (χ1n) is 12.1. The molecule has 0 bridgehead atoms. The smallest absolute Gasteiger partial charge is 0.268 e. The minimum Gasteiger partial charge on any atom is -0.455 e. The Labute approximate surface area is 219 Å². The summed E-state index contributed by atoms with van der Waals surface area (Å²) in [6, 6.07) is 16.1. The summed E-state index contributed by atoms with van der Waals surface area (Å²) in [7, 11) is -4.27. The summed E-state index contributed by atoms with van der Waals surface area (Å²) in [6.45, 7) is 2.08. The lowest BCUT2D eigenvalue weighted by molar-refractivity contribution is 0.0699. The number of benzene rings is 2. The number of hydrogen-bond acceptors (Lipinski definition) is 8. The average Bonchev–Trinajstić information content (AvgIpc) is 3.40. The van der Waals surface area contributed by atoms with Gasteiger partial charge in [0.1, 0.15) is 23.2 Å².